The van der Waals surface area contributed by atoms with Crippen LogP contribution in [-0.2, 0) is 9.53 Å². The molecule has 0 aromatic carbocycles. The second kappa shape index (κ2) is 1.84. The quantitative estimate of drug-likeness (QED) is 0.497. The predicted molar refractivity (Wildman–Crippen MR) is 35.9 cm³/mol. The highest BCUT2D eigenvalue weighted by molar-refractivity contribution is 6.00. The zero-order valence-electron chi connectivity index (χ0n) is 5.28. The Kier molecular flexibility index (Phi) is 1.01. The standard InChI is InChI=1S/C8H6O2/c9-7-2-1-6-3-4-10-8(6)5-7/h1-6H. The van der Waals surface area contributed by atoms with Gasteiger partial charge in [-0.3, -0.25) is 4.79 Å². The molecule has 0 saturated heterocycles. The summed E-state index contributed by atoms with van der Waals surface area (Å²) in [4.78, 5) is 10.7. The van der Waals surface area contributed by atoms with Crippen molar-refractivity contribution in [3.63, 3.8) is 0 Å². The van der Waals surface area contributed by atoms with E-state index in [0.29, 0.717) is 0 Å². The van der Waals surface area contributed by atoms with Crippen molar-refractivity contribution in [1.29, 1.82) is 0 Å². The largest absolute Gasteiger partial charge is 0.469 e. The summed E-state index contributed by atoms with van der Waals surface area (Å²) in [5.41, 5.74) is 0. The van der Waals surface area contributed by atoms with Crippen molar-refractivity contribution in [1.82, 2.24) is 0 Å². The topological polar surface area (TPSA) is 26.3 Å². The van der Waals surface area contributed by atoms with Crippen molar-refractivity contribution in [3.8, 4) is 0 Å². The minimum absolute atomic E-state index is 0.00921. The zero-order chi connectivity index (χ0) is 6.97. The minimum atomic E-state index is 0.00921. The third-order valence-corrected chi connectivity index (χ3v) is 1.57. The van der Waals surface area contributed by atoms with Gasteiger partial charge in [-0.2, -0.15) is 0 Å². The van der Waals surface area contributed by atoms with Gasteiger partial charge in [-0.1, -0.05) is 6.08 Å². The van der Waals surface area contributed by atoms with Gasteiger partial charge in [0.25, 0.3) is 0 Å². The van der Waals surface area contributed by atoms with Crippen molar-refractivity contribution in [3.05, 3.63) is 36.3 Å². The summed E-state index contributed by atoms with van der Waals surface area (Å²) in [7, 11) is 0. The van der Waals surface area contributed by atoms with Gasteiger partial charge in [-0.25, -0.2) is 0 Å². The van der Waals surface area contributed by atoms with Gasteiger partial charge in [-0.15, -0.1) is 0 Å². The molecule has 0 aromatic rings. The summed E-state index contributed by atoms with van der Waals surface area (Å²) >= 11 is 0. The highest BCUT2D eigenvalue weighted by Gasteiger charge is 2.18. The Morgan fingerprint density at radius 2 is 2.30 bits per heavy atom. The van der Waals surface area contributed by atoms with Crippen LogP contribution in [0, 0.1) is 5.92 Å². The van der Waals surface area contributed by atoms with E-state index >= 15 is 0 Å². The first-order chi connectivity index (χ1) is 4.86. The molecule has 50 valence electrons. The predicted octanol–water partition coefficient (Wildman–Crippen LogP) is 1.17. The molecule has 2 rings (SSSR count). The van der Waals surface area contributed by atoms with Crippen molar-refractivity contribution < 1.29 is 9.53 Å². The van der Waals surface area contributed by atoms with E-state index in [9.17, 15) is 4.79 Å². The number of ether oxygens (including phenoxy) is 1. The smallest absolute Gasteiger partial charge is 0.181 e. The third-order valence-electron chi connectivity index (χ3n) is 1.57. The number of carbonyl (C=O) groups is 1. The van der Waals surface area contributed by atoms with E-state index in [0.717, 1.165) is 5.76 Å². The van der Waals surface area contributed by atoms with Crippen LogP contribution < -0.4 is 0 Å². The lowest BCUT2D eigenvalue weighted by Crippen LogP contribution is -2.03. The van der Waals surface area contributed by atoms with Crippen LogP contribution in [0.1, 0.15) is 0 Å². The molecular weight excluding hydrogens is 128 g/mol. The van der Waals surface area contributed by atoms with Gasteiger partial charge in [0, 0.05) is 6.08 Å². The van der Waals surface area contributed by atoms with E-state index in [1.54, 1.807) is 12.3 Å². The molecule has 1 aliphatic carbocycles. The molecule has 1 unspecified atom stereocenters. The van der Waals surface area contributed by atoms with Gasteiger partial charge < -0.3 is 4.74 Å². The fraction of sp³-hybridized carbons (Fsp3) is 0.125. The maximum Gasteiger partial charge on any atom is 0.181 e. The molecular formula is C8H6O2. The number of allylic oxidation sites excluding steroid dienone is 3. The number of hydrogen-bond acceptors (Lipinski definition) is 2. The normalized spacial score (nSPS) is 27.8. The molecule has 0 amide bonds. The van der Waals surface area contributed by atoms with Crippen LogP contribution in [0.3, 0.4) is 0 Å². The Bertz CT molecular complexity index is 258. The highest BCUT2D eigenvalue weighted by Crippen LogP contribution is 2.25. The lowest BCUT2D eigenvalue weighted by atomic mass is 10.0. The van der Waals surface area contributed by atoms with Crippen LogP contribution in [0.15, 0.2) is 36.3 Å². The molecule has 2 aliphatic rings. The van der Waals surface area contributed by atoms with E-state index < -0.39 is 0 Å². The van der Waals surface area contributed by atoms with Crippen LogP contribution in [0.4, 0.5) is 0 Å². The summed E-state index contributed by atoms with van der Waals surface area (Å²) < 4.78 is 5.04. The van der Waals surface area contributed by atoms with Crippen molar-refractivity contribution in [2.75, 3.05) is 0 Å². The first kappa shape index (κ1) is 5.47. The molecule has 0 saturated carbocycles. The average Bonchev–Trinajstić information content (AvgIpc) is 2.33. The van der Waals surface area contributed by atoms with Crippen molar-refractivity contribution >= 4 is 5.78 Å². The van der Waals surface area contributed by atoms with Crippen LogP contribution in [-0.4, -0.2) is 5.78 Å². The molecule has 10 heavy (non-hydrogen) atoms. The second-order valence-electron chi connectivity index (χ2n) is 2.28. The number of ketones is 1. The van der Waals surface area contributed by atoms with Gasteiger partial charge in [0.05, 0.1) is 12.2 Å². The summed E-state index contributed by atoms with van der Waals surface area (Å²) in [5.74, 6) is 0.958. The number of carbonyl (C=O) groups excluding carboxylic acids is 1. The molecule has 2 heteroatoms. The number of fused-ring (bicyclic) bond motifs is 1. The zero-order valence-corrected chi connectivity index (χ0v) is 5.28. The lowest BCUT2D eigenvalue weighted by molar-refractivity contribution is -0.110. The fourth-order valence-corrected chi connectivity index (χ4v) is 1.05. The summed E-state index contributed by atoms with van der Waals surface area (Å²) in [6.45, 7) is 0. The van der Waals surface area contributed by atoms with Crippen LogP contribution in [0.25, 0.3) is 0 Å². The number of hydrogen-bond donors (Lipinski definition) is 0. The van der Waals surface area contributed by atoms with E-state index in [1.165, 1.54) is 6.08 Å². The Balaban J connectivity index is 2.36. The minimum Gasteiger partial charge on any atom is -0.469 e. The van der Waals surface area contributed by atoms with Gasteiger partial charge in [0.2, 0.25) is 0 Å². The van der Waals surface area contributed by atoms with E-state index in [1.807, 2.05) is 12.2 Å². The van der Waals surface area contributed by atoms with E-state index in [4.69, 9.17) is 4.74 Å². The van der Waals surface area contributed by atoms with Crippen LogP contribution in [0.5, 0.6) is 0 Å². The first-order valence-electron chi connectivity index (χ1n) is 3.13. The van der Waals surface area contributed by atoms with Gasteiger partial charge in [0.15, 0.2) is 5.78 Å². The SMILES string of the molecule is O=C1C=CC2C=COC2=C1. The number of rotatable bonds is 0. The van der Waals surface area contributed by atoms with Crippen molar-refractivity contribution in [2.45, 2.75) is 0 Å². The molecule has 0 N–H and O–H groups in total. The maximum atomic E-state index is 10.7. The molecule has 0 aromatic heterocycles. The molecule has 1 aliphatic heterocycles. The molecule has 0 fully saturated rings. The molecule has 0 radical (unpaired) electrons. The molecule has 0 spiro atoms. The molecule has 0 bridgehead atoms. The second-order valence-corrected chi connectivity index (χ2v) is 2.28. The van der Waals surface area contributed by atoms with E-state index in [-0.39, 0.29) is 11.7 Å². The molecule has 1 atom stereocenters. The van der Waals surface area contributed by atoms with Crippen molar-refractivity contribution in [2.24, 2.45) is 5.92 Å². The highest BCUT2D eigenvalue weighted by atomic mass is 16.5. The summed E-state index contributed by atoms with van der Waals surface area (Å²) in [5, 5.41) is 0. The fourth-order valence-electron chi connectivity index (χ4n) is 1.05. The van der Waals surface area contributed by atoms with Gasteiger partial charge in [-0.05, 0) is 12.2 Å². The summed E-state index contributed by atoms with van der Waals surface area (Å²) in [6, 6.07) is 0. The Labute approximate surface area is 58.5 Å². The Morgan fingerprint density at radius 3 is 3.20 bits per heavy atom. The first-order valence-corrected chi connectivity index (χ1v) is 3.13. The van der Waals surface area contributed by atoms with E-state index in [2.05, 4.69) is 0 Å². The molecule has 1 heterocycles. The Hall–Kier alpha value is -1.31. The summed E-state index contributed by atoms with van der Waals surface area (Å²) in [6.07, 6.45) is 8.44. The van der Waals surface area contributed by atoms with Gasteiger partial charge >= 0.3 is 0 Å². The van der Waals surface area contributed by atoms with Gasteiger partial charge in [0.1, 0.15) is 5.76 Å². The maximum absolute atomic E-state index is 10.7. The Morgan fingerprint density at radius 1 is 1.40 bits per heavy atom. The van der Waals surface area contributed by atoms with Crippen LogP contribution in [0.2, 0.25) is 0 Å². The molecule has 2 nitrogen and oxygen atoms in total. The van der Waals surface area contributed by atoms with Crippen LogP contribution >= 0.6 is 0 Å². The lowest BCUT2D eigenvalue weighted by Gasteiger charge is -2.06. The average molecular weight is 134 g/mol. The monoisotopic (exact) mass is 134 g/mol. The third kappa shape index (κ3) is 0.692.